The van der Waals surface area contributed by atoms with Gasteiger partial charge in [-0.15, -0.1) is 0 Å². The van der Waals surface area contributed by atoms with Crippen molar-refractivity contribution in [3.8, 4) is 0 Å². The van der Waals surface area contributed by atoms with Crippen molar-refractivity contribution in [1.82, 2.24) is 9.80 Å². The van der Waals surface area contributed by atoms with Gasteiger partial charge in [-0.3, -0.25) is 19.4 Å². The summed E-state index contributed by atoms with van der Waals surface area (Å²) in [5, 5.41) is 0. The molecule has 148 valence electrons. The van der Waals surface area contributed by atoms with E-state index in [-0.39, 0.29) is 22.9 Å². The lowest BCUT2D eigenvalue weighted by Crippen LogP contribution is -2.95. The zero-order valence-corrected chi connectivity index (χ0v) is 16.1. The molecule has 0 aromatic heterocycles. The van der Waals surface area contributed by atoms with Gasteiger partial charge in [0.1, 0.15) is 5.41 Å². The summed E-state index contributed by atoms with van der Waals surface area (Å²) in [5.41, 5.74) is -1.23. The summed E-state index contributed by atoms with van der Waals surface area (Å²) in [5.74, 6) is 0.722. The van der Waals surface area contributed by atoms with E-state index < -0.39 is 5.41 Å². The van der Waals surface area contributed by atoms with E-state index in [0.717, 1.165) is 91.1 Å². The zero-order chi connectivity index (χ0) is 18.3. The number of Topliss-reactive ketones (excluding diaryl/α,β-unsaturated/α-hetero) is 2. The second-order valence-corrected chi connectivity index (χ2v) is 9.42. The molecular formula is C21H30N2O4. The second-order valence-electron chi connectivity index (χ2n) is 9.42. The molecule has 6 fully saturated rings. The fourth-order valence-electron chi connectivity index (χ4n) is 8.44. The van der Waals surface area contributed by atoms with Gasteiger partial charge >= 0.3 is 0 Å². The average Bonchev–Trinajstić information content (AvgIpc) is 3.30. The highest BCUT2D eigenvalue weighted by Gasteiger charge is 2.92. The molecule has 6 nitrogen and oxygen atoms in total. The highest BCUT2D eigenvalue weighted by atomic mass is 16.5. The summed E-state index contributed by atoms with van der Waals surface area (Å²) >= 11 is 0. The summed E-state index contributed by atoms with van der Waals surface area (Å²) in [6, 6.07) is 0. The lowest BCUT2D eigenvalue weighted by molar-refractivity contribution is -0.255. The minimum absolute atomic E-state index is 0.0685. The van der Waals surface area contributed by atoms with Crippen LogP contribution in [0.2, 0.25) is 0 Å². The van der Waals surface area contributed by atoms with Crippen LogP contribution in [0.15, 0.2) is 0 Å². The summed E-state index contributed by atoms with van der Waals surface area (Å²) in [6.07, 6.45) is 6.10. The molecule has 6 aliphatic rings. The number of hydrogen-bond acceptors (Lipinski definition) is 6. The van der Waals surface area contributed by atoms with Crippen LogP contribution in [0.5, 0.6) is 0 Å². The number of ether oxygens (including phenoxy) is 2. The zero-order valence-electron chi connectivity index (χ0n) is 16.1. The molecule has 4 aliphatic carbocycles. The molecule has 0 bridgehead atoms. The fraction of sp³-hybridized carbons (Fsp3) is 0.905. The Labute approximate surface area is 160 Å². The van der Waals surface area contributed by atoms with E-state index in [9.17, 15) is 9.59 Å². The second kappa shape index (κ2) is 5.62. The maximum absolute atomic E-state index is 13.8. The van der Waals surface area contributed by atoms with Crippen LogP contribution in [0.25, 0.3) is 0 Å². The van der Waals surface area contributed by atoms with Crippen molar-refractivity contribution >= 4 is 11.6 Å². The van der Waals surface area contributed by atoms with Crippen LogP contribution in [0.3, 0.4) is 0 Å². The molecule has 0 aromatic carbocycles. The number of rotatable bonds is 2. The fourth-order valence-corrected chi connectivity index (χ4v) is 8.44. The summed E-state index contributed by atoms with van der Waals surface area (Å²) < 4.78 is 11.3. The van der Waals surface area contributed by atoms with E-state index in [2.05, 4.69) is 9.80 Å². The third-order valence-corrected chi connectivity index (χ3v) is 9.08. The molecule has 27 heavy (non-hydrogen) atoms. The third kappa shape index (κ3) is 1.63. The van der Waals surface area contributed by atoms with E-state index in [1.165, 1.54) is 0 Å². The van der Waals surface area contributed by atoms with Crippen LogP contribution in [-0.2, 0) is 19.1 Å². The maximum atomic E-state index is 13.8. The molecule has 4 saturated carbocycles. The lowest BCUT2D eigenvalue weighted by atomic mass is 9.30. The minimum atomic E-state index is -0.767. The molecule has 2 aliphatic heterocycles. The van der Waals surface area contributed by atoms with Crippen LogP contribution in [-0.4, -0.2) is 85.1 Å². The van der Waals surface area contributed by atoms with Crippen molar-refractivity contribution in [2.45, 2.75) is 49.6 Å². The topological polar surface area (TPSA) is 59.1 Å². The van der Waals surface area contributed by atoms with Gasteiger partial charge in [0.25, 0.3) is 0 Å². The highest BCUT2D eigenvalue weighted by molar-refractivity contribution is 6.23. The number of ketones is 2. The Morgan fingerprint density at radius 2 is 1.11 bits per heavy atom. The predicted molar refractivity (Wildman–Crippen MR) is 97.4 cm³/mol. The summed E-state index contributed by atoms with van der Waals surface area (Å²) in [6.45, 7) is 6.35. The first-order valence-electron chi connectivity index (χ1n) is 11.0. The Balaban J connectivity index is 1.50. The molecule has 2 saturated heterocycles. The van der Waals surface area contributed by atoms with Crippen molar-refractivity contribution < 1.29 is 19.1 Å². The van der Waals surface area contributed by atoms with Gasteiger partial charge in [0.15, 0.2) is 11.6 Å². The first kappa shape index (κ1) is 17.1. The van der Waals surface area contributed by atoms with Crippen molar-refractivity contribution in [2.75, 3.05) is 52.6 Å². The number of morpholine rings is 2. The standard InChI is InChI=1S/C21H30N2O4/c24-17-15-3-1-5-19(15,22-7-11-26-12-8-22)21(17)18(25)16-4-2-6-20(16,21)23-9-13-27-14-10-23/h15-16H,1-14H2. The number of fused-ring (bicyclic) bond motifs is 4. The maximum Gasteiger partial charge on any atom is 0.155 e. The first-order valence-corrected chi connectivity index (χ1v) is 11.0. The normalized spacial score (nSPS) is 50.4. The molecule has 6 rings (SSSR count). The summed E-state index contributed by atoms with van der Waals surface area (Å²) in [4.78, 5) is 32.6. The number of hydrogen-bond donors (Lipinski definition) is 0. The Morgan fingerprint density at radius 1 is 0.704 bits per heavy atom. The monoisotopic (exact) mass is 374 g/mol. The molecule has 2 heterocycles. The van der Waals surface area contributed by atoms with Gasteiger partial charge in [0, 0.05) is 38.0 Å². The van der Waals surface area contributed by atoms with Gasteiger partial charge in [-0.1, -0.05) is 12.8 Å². The minimum Gasteiger partial charge on any atom is -0.379 e. The SMILES string of the molecule is O=C1C2CCCC2(N2CCOCC2)C12C(=O)C1CCCC12N1CCOCC1. The first-order chi connectivity index (χ1) is 13.2. The number of carbonyl (C=O) groups is 2. The third-order valence-electron chi connectivity index (χ3n) is 9.08. The van der Waals surface area contributed by atoms with Crippen LogP contribution in [0.1, 0.15) is 38.5 Å². The van der Waals surface area contributed by atoms with Gasteiger partial charge < -0.3 is 9.47 Å². The quantitative estimate of drug-likeness (QED) is 0.669. The number of nitrogens with zero attached hydrogens (tertiary/aromatic N) is 2. The molecule has 4 atom stereocenters. The molecule has 0 N–H and O–H groups in total. The average molecular weight is 374 g/mol. The van der Waals surface area contributed by atoms with Gasteiger partial charge in [0.05, 0.1) is 37.5 Å². The van der Waals surface area contributed by atoms with Gasteiger partial charge in [0.2, 0.25) is 0 Å². The van der Waals surface area contributed by atoms with E-state index in [4.69, 9.17) is 9.47 Å². The lowest BCUT2D eigenvalue weighted by Gasteiger charge is -2.77. The molecule has 1 spiro atoms. The van der Waals surface area contributed by atoms with Gasteiger partial charge in [-0.25, -0.2) is 0 Å². The smallest absolute Gasteiger partial charge is 0.155 e. The van der Waals surface area contributed by atoms with Crippen LogP contribution < -0.4 is 0 Å². The molecule has 6 heteroatoms. The molecule has 4 unspecified atom stereocenters. The Morgan fingerprint density at radius 3 is 1.52 bits per heavy atom. The Kier molecular flexibility index (Phi) is 3.55. The summed E-state index contributed by atoms with van der Waals surface area (Å²) in [7, 11) is 0. The van der Waals surface area contributed by atoms with E-state index >= 15 is 0 Å². The molecule has 0 radical (unpaired) electrons. The van der Waals surface area contributed by atoms with Crippen molar-refractivity contribution in [1.29, 1.82) is 0 Å². The van der Waals surface area contributed by atoms with Crippen LogP contribution in [0.4, 0.5) is 0 Å². The van der Waals surface area contributed by atoms with Gasteiger partial charge in [-0.05, 0) is 25.7 Å². The van der Waals surface area contributed by atoms with Gasteiger partial charge in [-0.2, -0.15) is 0 Å². The molecular weight excluding hydrogens is 344 g/mol. The van der Waals surface area contributed by atoms with E-state index in [1.807, 2.05) is 0 Å². The highest BCUT2D eigenvalue weighted by Crippen LogP contribution is 2.77. The van der Waals surface area contributed by atoms with Crippen molar-refractivity contribution in [3.05, 3.63) is 0 Å². The molecule has 0 amide bonds. The van der Waals surface area contributed by atoms with Crippen LogP contribution >= 0.6 is 0 Å². The molecule has 0 aromatic rings. The number of carbonyl (C=O) groups excluding carboxylic acids is 2. The van der Waals surface area contributed by atoms with E-state index in [1.54, 1.807) is 0 Å². The predicted octanol–water partition coefficient (Wildman–Crippen LogP) is 0.880. The van der Waals surface area contributed by atoms with E-state index in [0.29, 0.717) is 11.6 Å². The largest absolute Gasteiger partial charge is 0.379 e. The van der Waals surface area contributed by atoms with Crippen molar-refractivity contribution in [2.24, 2.45) is 17.3 Å². The van der Waals surface area contributed by atoms with Crippen molar-refractivity contribution in [3.63, 3.8) is 0 Å². The Bertz CT molecular complexity index is 626. The Hall–Kier alpha value is -0.820. The van der Waals surface area contributed by atoms with Crippen LogP contribution in [0, 0.1) is 17.3 Å².